The molecule has 0 bridgehead atoms. The second-order valence-corrected chi connectivity index (χ2v) is 6.52. The number of aliphatic hydroxyl groups is 1. The molecule has 0 spiro atoms. The predicted octanol–water partition coefficient (Wildman–Crippen LogP) is 2.66. The summed E-state index contributed by atoms with van der Waals surface area (Å²) >= 11 is 7.52. The van der Waals surface area contributed by atoms with Gasteiger partial charge in [-0.3, -0.25) is 4.79 Å². The summed E-state index contributed by atoms with van der Waals surface area (Å²) in [4.78, 5) is 13.0. The zero-order chi connectivity index (χ0) is 16.9. The lowest BCUT2D eigenvalue weighted by atomic mass is 10.2. The van der Waals surface area contributed by atoms with Crippen LogP contribution in [0.1, 0.15) is 27.0 Å². The van der Waals surface area contributed by atoms with E-state index in [9.17, 15) is 9.90 Å². The van der Waals surface area contributed by atoms with Crippen molar-refractivity contribution in [2.24, 2.45) is 0 Å². The zero-order valence-electron chi connectivity index (χ0n) is 12.6. The average molecular weight is 363 g/mol. The van der Waals surface area contributed by atoms with Crippen molar-refractivity contribution < 1.29 is 9.90 Å². The van der Waals surface area contributed by atoms with Crippen molar-refractivity contribution >= 4 is 28.8 Å². The lowest BCUT2D eigenvalue weighted by molar-refractivity contribution is 0.0945. The average Bonchev–Trinajstić information content (AvgIpc) is 3.25. The molecule has 3 aromatic rings. The summed E-state index contributed by atoms with van der Waals surface area (Å²) in [6.07, 6.45) is 0.837. The van der Waals surface area contributed by atoms with Gasteiger partial charge in [0, 0.05) is 16.4 Å². The van der Waals surface area contributed by atoms with Crippen LogP contribution in [0.2, 0.25) is 5.02 Å². The van der Waals surface area contributed by atoms with Crippen molar-refractivity contribution in [1.82, 2.24) is 20.3 Å². The van der Waals surface area contributed by atoms with Crippen LogP contribution in [0.5, 0.6) is 0 Å². The maximum atomic E-state index is 12.1. The van der Waals surface area contributed by atoms with E-state index in [1.807, 2.05) is 35.7 Å². The Bertz CT molecular complexity index is 819. The molecule has 124 valence electrons. The molecule has 2 N–H and O–H groups in total. The monoisotopic (exact) mass is 362 g/mol. The van der Waals surface area contributed by atoms with Crippen LogP contribution in [0.15, 0.2) is 48.0 Å². The van der Waals surface area contributed by atoms with Gasteiger partial charge in [0.05, 0.1) is 12.7 Å². The molecule has 0 saturated carbocycles. The van der Waals surface area contributed by atoms with Crippen LogP contribution in [0.3, 0.4) is 0 Å². The van der Waals surface area contributed by atoms with Crippen molar-refractivity contribution in [1.29, 1.82) is 0 Å². The van der Waals surface area contributed by atoms with Crippen molar-refractivity contribution in [3.63, 3.8) is 0 Å². The van der Waals surface area contributed by atoms with E-state index in [4.69, 9.17) is 11.6 Å². The minimum atomic E-state index is -0.675. The Hall–Kier alpha value is -2.22. The molecule has 0 fully saturated rings. The zero-order valence-corrected chi connectivity index (χ0v) is 14.2. The molecule has 0 aliphatic carbocycles. The first-order valence-electron chi connectivity index (χ1n) is 7.26. The van der Waals surface area contributed by atoms with Gasteiger partial charge in [-0.2, -0.15) is 0 Å². The van der Waals surface area contributed by atoms with Crippen LogP contribution < -0.4 is 5.32 Å². The Morgan fingerprint density at radius 2 is 2.17 bits per heavy atom. The van der Waals surface area contributed by atoms with E-state index in [1.165, 1.54) is 22.2 Å². The Labute approximate surface area is 147 Å². The summed E-state index contributed by atoms with van der Waals surface area (Å²) in [6.45, 7) is 0.550. The number of carbonyl (C=O) groups excluding carboxylic acids is 1. The molecule has 0 radical (unpaired) electrons. The highest BCUT2D eigenvalue weighted by molar-refractivity contribution is 7.10. The minimum Gasteiger partial charge on any atom is -0.386 e. The number of aliphatic hydroxyl groups excluding tert-OH is 1. The van der Waals surface area contributed by atoms with Gasteiger partial charge < -0.3 is 10.4 Å². The van der Waals surface area contributed by atoms with Crippen molar-refractivity contribution in [2.75, 3.05) is 0 Å². The molecule has 0 aliphatic rings. The first-order valence-corrected chi connectivity index (χ1v) is 8.52. The number of benzene rings is 1. The molecule has 2 heterocycles. The molecule has 0 unspecified atom stereocenters. The maximum Gasteiger partial charge on any atom is 0.273 e. The van der Waals surface area contributed by atoms with Crippen LogP contribution in [-0.2, 0) is 13.1 Å². The van der Waals surface area contributed by atoms with Gasteiger partial charge in [-0.15, -0.1) is 16.4 Å². The summed E-state index contributed by atoms with van der Waals surface area (Å²) in [5.74, 6) is -0.341. The first kappa shape index (κ1) is 16.6. The molecule has 0 aliphatic heterocycles. The van der Waals surface area contributed by atoms with E-state index < -0.39 is 6.10 Å². The molecular weight excluding hydrogens is 348 g/mol. The topological polar surface area (TPSA) is 80.0 Å². The summed E-state index contributed by atoms with van der Waals surface area (Å²) in [6, 6.07) is 11.0. The third kappa shape index (κ3) is 4.00. The Morgan fingerprint density at radius 3 is 2.92 bits per heavy atom. The number of hydrogen-bond donors (Lipinski definition) is 2. The van der Waals surface area contributed by atoms with Gasteiger partial charge in [-0.05, 0) is 23.1 Å². The second kappa shape index (κ2) is 7.57. The Morgan fingerprint density at radius 1 is 1.33 bits per heavy atom. The van der Waals surface area contributed by atoms with Crippen LogP contribution in [0.4, 0.5) is 0 Å². The highest BCUT2D eigenvalue weighted by Gasteiger charge is 2.14. The van der Waals surface area contributed by atoms with Gasteiger partial charge in [0.25, 0.3) is 5.91 Å². The summed E-state index contributed by atoms with van der Waals surface area (Å²) in [5.41, 5.74) is 1.02. The van der Waals surface area contributed by atoms with Gasteiger partial charge in [0.2, 0.25) is 0 Å². The van der Waals surface area contributed by atoms with Crippen LogP contribution >= 0.6 is 22.9 Å². The molecule has 1 amide bonds. The van der Waals surface area contributed by atoms with Crippen molar-refractivity contribution in [3.8, 4) is 0 Å². The Kier molecular flexibility index (Phi) is 5.24. The van der Waals surface area contributed by atoms with Gasteiger partial charge in [0.15, 0.2) is 5.69 Å². The minimum absolute atomic E-state index is 0.195. The lowest BCUT2D eigenvalue weighted by Gasteiger charge is -2.07. The van der Waals surface area contributed by atoms with Gasteiger partial charge in [-0.1, -0.05) is 41.1 Å². The first-order chi connectivity index (χ1) is 11.6. The number of amides is 1. The number of hydrogen-bond acceptors (Lipinski definition) is 5. The van der Waals surface area contributed by atoms with Crippen LogP contribution in [-0.4, -0.2) is 26.0 Å². The van der Waals surface area contributed by atoms with Crippen molar-refractivity contribution in [3.05, 3.63) is 69.1 Å². The molecule has 8 heteroatoms. The van der Waals surface area contributed by atoms with Crippen LogP contribution in [0.25, 0.3) is 0 Å². The molecule has 0 saturated heterocycles. The second-order valence-electron chi connectivity index (χ2n) is 5.13. The third-order valence-electron chi connectivity index (χ3n) is 3.40. The molecule has 3 rings (SSSR count). The number of rotatable bonds is 6. The summed E-state index contributed by atoms with van der Waals surface area (Å²) in [7, 11) is 0. The molecule has 6 nitrogen and oxygen atoms in total. The normalized spacial score (nSPS) is 12.1. The van der Waals surface area contributed by atoms with Crippen LogP contribution in [0, 0.1) is 0 Å². The molecular formula is C16H15ClN4O2S. The maximum absolute atomic E-state index is 12.1. The highest BCUT2D eigenvalue weighted by Crippen LogP contribution is 2.20. The van der Waals surface area contributed by atoms with E-state index in [-0.39, 0.29) is 18.1 Å². The standard InChI is InChI=1S/C16H15ClN4O2S/c17-12-5-2-1-4-11(12)8-18-16(23)13-9-21(20-19-13)10-14(22)15-6-3-7-24-15/h1-7,9,14,22H,8,10H2,(H,18,23)/t14-/m0/s1. The number of aromatic nitrogens is 3. The van der Waals surface area contributed by atoms with E-state index in [2.05, 4.69) is 15.6 Å². The molecule has 24 heavy (non-hydrogen) atoms. The number of nitrogens with one attached hydrogen (secondary N) is 1. The summed E-state index contributed by atoms with van der Waals surface area (Å²) < 4.78 is 1.45. The van der Waals surface area contributed by atoms with E-state index in [0.717, 1.165) is 10.4 Å². The third-order valence-corrected chi connectivity index (χ3v) is 4.74. The van der Waals surface area contributed by atoms with E-state index in [1.54, 1.807) is 6.07 Å². The number of thiophene rings is 1. The van der Waals surface area contributed by atoms with E-state index in [0.29, 0.717) is 11.6 Å². The highest BCUT2D eigenvalue weighted by atomic mass is 35.5. The number of halogens is 1. The number of nitrogens with zero attached hydrogens (tertiary/aromatic N) is 3. The predicted molar refractivity (Wildman–Crippen MR) is 91.9 cm³/mol. The SMILES string of the molecule is O=C(NCc1ccccc1Cl)c1cn(C[C@H](O)c2cccs2)nn1. The molecule has 1 atom stereocenters. The summed E-state index contributed by atoms with van der Waals surface area (Å²) in [5, 5.41) is 23.1. The van der Waals surface area contributed by atoms with Gasteiger partial charge in [-0.25, -0.2) is 4.68 Å². The lowest BCUT2D eigenvalue weighted by Crippen LogP contribution is -2.23. The number of carbonyl (C=O) groups is 1. The largest absolute Gasteiger partial charge is 0.386 e. The fraction of sp³-hybridized carbons (Fsp3) is 0.188. The quantitative estimate of drug-likeness (QED) is 0.706. The van der Waals surface area contributed by atoms with Crippen molar-refractivity contribution in [2.45, 2.75) is 19.2 Å². The molecule has 2 aromatic heterocycles. The van der Waals surface area contributed by atoms with E-state index >= 15 is 0 Å². The van der Waals surface area contributed by atoms with Gasteiger partial charge in [0.1, 0.15) is 6.10 Å². The fourth-order valence-electron chi connectivity index (χ4n) is 2.15. The fourth-order valence-corrected chi connectivity index (χ4v) is 3.05. The Balaban J connectivity index is 1.58. The smallest absolute Gasteiger partial charge is 0.273 e. The molecule has 1 aromatic carbocycles. The van der Waals surface area contributed by atoms with Gasteiger partial charge >= 0.3 is 0 Å².